The minimum absolute atomic E-state index is 0.0613. The molecule has 0 bridgehead atoms. The van der Waals surface area contributed by atoms with E-state index in [1.807, 2.05) is 30.3 Å². The molecule has 0 saturated carbocycles. The predicted octanol–water partition coefficient (Wildman–Crippen LogP) is 5.36. The van der Waals surface area contributed by atoms with Crippen LogP contribution in [0.5, 0.6) is 11.5 Å². The summed E-state index contributed by atoms with van der Waals surface area (Å²) >= 11 is 5.92. The van der Waals surface area contributed by atoms with Crippen LogP contribution in [-0.4, -0.2) is 5.78 Å². The summed E-state index contributed by atoms with van der Waals surface area (Å²) in [4.78, 5) is 12.4. The van der Waals surface area contributed by atoms with Crippen molar-refractivity contribution < 1.29 is 9.53 Å². The fourth-order valence-corrected chi connectivity index (χ4v) is 2.29. The summed E-state index contributed by atoms with van der Waals surface area (Å²) in [5.74, 6) is 1.39. The van der Waals surface area contributed by atoms with Crippen molar-refractivity contribution in [1.29, 1.82) is 0 Å². The number of ether oxygens (including phenoxy) is 1. The smallest absolute Gasteiger partial charge is 0.193 e. The van der Waals surface area contributed by atoms with Crippen molar-refractivity contribution in [2.45, 2.75) is 0 Å². The lowest BCUT2D eigenvalue weighted by molar-refractivity contribution is 0.103. The molecule has 0 aliphatic heterocycles. The van der Waals surface area contributed by atoms with Crippen LogP contribution in [0, 0.1) is 0 Å². The predicted molar refractivity (Wildman–Crippen MR) is 87.8 cm³/mol. The van der Waals surface area contributed by atoms with E-state index in [1.54, 1.807) is 48.5 Å². The Bertz CT molecular complexity index is 780. The molecule has 0 atom stereocenters. The molecule has 0 aliphatic rings. The first kappa shape index (κ1) is 14.4. The standard InChI is InChI=1S/C19H13ClO2/c20-16-6-4-5-15(13-16)19(21)14-9-11-18(12-10-14)22-17-7-2-1-3-8-17/h1-13H. The Morgan fingerprint density at radius 3 is 2.09 bits per heavy atom. The van der Waals surface area contributed by atoms with Crippen LogP contribution >= 0.6 is 11.6 Å². The maximum absolute atomic E-state index is 12.4. The molecule has 0 spiro atoms. The Kier molecular flexibility index (Phi) is 4.22. The van der Waals surface area contributed by atoms with Crippen molar-refractivity contribution in [2.24, 2.45) is 0 Å². The molecule has 0 aromatic heterocycles. The van der Waals surface area contributed by atoms with Gasteiger partial charge in [-0.1, -0.05) is 41.9 Å². The second kappa shape index (κ2) is 6.46. The van der Waals surface area contributed by atoms with E-state index in [0.717, 1.165) is 5.75 Å². The first-order valence-corrected chi connectivity index (χ1v) is 7.23. The van der Waals surface area contributed by atoms with Gasteiger partial charge in [0.05, 0.1) is 0 Å². The number of carbonyl (C=O) groups is 1. The Morgan fingerprint density at radius 1 is 0.727 bits per heavy atom. The number of para-hydroxylation sites is 1. The van der Waals surface area contributed by atoms with Crippen LogP contribution in [-0.2, 0) is 0 Å². The monoisotopic (exact) mass is 308 g/mol. The third-order valence-electron chi connectivity index (χ3n) is 3.18. The van der Waals surface area contributed by atoms with E-state index >= 15 is 0 Å². The van der Waals surface area contributed by atoms with E-state index in [9.17, 15) is 4.79 Å². The topological polar surface area (TPSA) is 26.3 Å². The van der Waals surface area contributed by atoms with Gasteiger partial charge in [-0.05, 0) is 48.5 Å². The highest BCUT2D eigenvalue weighted by atomic mass is 35.5. The van der Waals surface area contributed by atoms with Gasteiger partial charge in [0, 0.05) is 16.1 Å². The van der Waals surface area contributed by atoms with Gasteiger partial charge in [0.25, 0.3) is 0 Å². The van der Waals surface area contributed by atoms with E-state index in [2.05, 4.69) is 0 Å². The van der Waals surface area contributed by atoms with Crippen molar-refractivity contribution in [2.75, 3.05) is 0 Å². The molecule has 3 aromatic rings. The molecule has 108 valence electrons. The first-order chi connectivity index (χ1) is 10.7. The van der Waals surface area contributed by atoms with E-state index in [4.69, 9.17) is 16.3 Å². The van der Waals surface area contributed by atoms with Crippen LogP contribution < -0.4 is 4.74 Å². The summed E-state index contributed by atoms with van der Waals surface area (Å²) in [6, 6.07) is 23.5. The number of hydrogen-bond acceptors (Lipinski definition) is 2. The number of benzene rings is 3. The summed E-state index contributed by atoms with van der Waals surface area (Å²) in [5.41, 5.74) is 1.17. The number of ketones is 1. The molecule has 3 rings (SSSR count). The Morgan fingerprint density at radius 2 is 1.41 bits per heavy atom. The van der Waals surface area contributed by atoms with Crippen LogP contribution in [0.25, 0.3) is 0 Å². The summed E-state index contributed by atoms with van der Waals surface area (Å²) in [6.07, 6.45) is 0. The molecular formula is C19H13ClO2. The van der Waals surface area contributed by atoms with Crippen LogP contribution in [0.15, 0.2) is 78.9 Å². The molecule has 0 saturated heterocycles. The molecule has 0 heterocycles. The molecule has 0 amide bonds. The quantitative estimate of drug-likeness (QED) is 0.606. The SMILES string of the molecule is O=C(c1ccc(Oc2ccccc2)cc1)c1cccc(Cl)c1. The van der Waals surface area contributed by atoms with Gasteiger partial charge in [-0.15, -0.1) is 0 Å². The first-order valence-electron chi connectivity index (χ1n) is 6.85. The fraction of sp³-hybridized carbons (Fsp3) is 0. The lowest BCUT2D eigenvalue weighted by atomic mass is 10.0. The molecular weight excluding hydrogens is 296 g/mol. The van der Waals surface area contributed by atoms with Crippen molar-refractivity contribution in [3.05, 3.63) is 95.0 Å². The molecule has 2 nitrogen and oxygen atoms in total. The summed E-state index contributed by atoms with van der Waals surface area (Å²) < 4.78 is 5.71. The van der Waals surface area contributed by atoms with Gasteiger partial charge in [-0.3, -0.25) is 4.79 Å². The zero-order chi connectivity index (χ0) is 15.4. The largest absolute Gasteiger partial charge is 0.457 e. The molecule has 3 aromatic carbocycles. The second-order valence-electron chi connectivity index (χ2n) is 4.78. The second-order valence-corrected chi connectivity index (χ2v) is 5.22. The maximum atomic E-state index is 12.4. The molecule has 0 aliphatic carbocycles. The Balaban J connectivity index is 1.78. The number of halogens is 1. The number of rotatable bonds is 4. The van der Waals surface area contributed by atoms with Crippen LogP contribution in [0.2, 0.25) is 5.02 Å². The molecule has 22 heavy (non-hydrogen) atoms. The zero-order valence-electron chi connectivity index (χ0n) is 11.7. The summed E-state index contributed by atoms with van der Waals surface area (Å²) in [7, 11) is 0. The van der Waals surface area contributed by atoms with Crippen LogP contribution in [0.3, 0.4) is 0 Å². The minimum atomic E-state index is -0.0613. The molecule has 0 radical (unpaired) electrons. The lowest BCUT2D eigenvalue weighted by Crippen LogP contribution is -2.00. The molecule has 0 fully saturated rings. The normalized spacial score (nSPS) is 10.2. The highest BCUT2D eigenvalue weighted by Crippen LogP contribution is 2.22. The molecule has 0 N–H and O–H groups in total. The summed E-state index contributed by atoms with van der Waals surface area (Å²) in [5, 5.41) is 0.551. The average Bonchev–Trinajstić information content (AvgIpc) is 2.56. The van der Waals surface area contributed by atoms with Crippen LogP contribution in [0.1, 0.15) is 15.9 Å². The van der Waals surface area contributed by atoms with Gasteiger partial charge in [0.1, 0.15) is 11.5 Å². The van der Waals surface area contributed by atoms with Gasteiger partial charge in [0.15, 0.2) is 5.78 Å². The highest BCUT2D eigenvalue weighted by molar-refractivity contribution is 6.31. The van der Waals surface area contributed by atoms with Crippen LogP contribution in [0.4, 0.5) is 0 Å². The van der Waals surface area contributed by atoms with E-state index in [-0.39, 0.29) is 5.78 Å². The van der Waals surface area contributed by atoms with Crippen molar-refractivity contribution in [1.82, 2.24) is 0 Å². The maximum Gasteiger partial charge on any atom is 0.193 e. The summed E-state index contributed by atoms with van der Waals surface area (Å²) in [6.45, 7) is 0. The third-order valence-corrected chi connectivity index (χ3v) is 3.42. The van der Waals surface area contributed by atoms with Crippen molar-refractivity contribution in [3.8, 4) is 11.5 Å². The third kappa shape index (κ3) is 3.35. The minimum Gasteiger partial charge on any atom is -0.457 e. The highest BCUT2D eigenvalue weighted by Gasteiger charge is 2.09. The number of carbonyl (C=O) groups excluding carboxylic acids is 1. The van der Waals surface area contributed by atoms with E-state index < -0.39 is 0 Å². The van der Waals surface area contributed by atoms with E-state index in [0.29, 0.717) is 21.9 Å². The fourth-order valence-electron chi connectivity index (χ4n) is 2.10. The van der Waals surface area contributed by atoms with Crippen molar-refractivity contribution >= 4 is 17.4 Å². The Hall–Kier alpha value is -2.58. The zero-order valence-corrected chi connectivity index (χ0v) is 12.5. The van der Waals surface area contributed by atoms with Gasteiger partial charge < -0.3 is 4.74 Å². The number of hydrogen-bond donors (Lipinski definition) is 0. The van der Waals surface area contributed by atoms with Gasteiger partial charge >= 0.3 is 0 Å². The van der Waals surface area contributed by atoms with E-state index in [1.165, 1.54) is 0 Å². The molecule has 0 unspecified atom stereocenters. The van der Waals surface area contributed by atoms with Gasteiger partial charge in [-0.25, -0.2) is 0 Å². The van der Waals surface area contributed by atoms with Gasteiger partial charge in [0.2, 0.25) is 0 Å². The lowest BCUT2D eigenvalue weighted by Gasteiger charge is -2.06. The average molecular weight is 309 g/mol. The van der Waals surface area contributed by atoms with Crippen molar-refractivity contribution in [3.63, 3.8) is 0 Å². The van der Waals surface area contributed by atoms with Gasteiger partial charge in [-0.2, -0.15) is 0 Å². The Labute approximate surface area is 133 Å². The molecule has 3 heteroatoms.